The van der Waals surface area contributed by atoms with Crippen molar-refractivity contribution in [1.29, 1.82) is 0 Å². The first-order valence-corrected chi connectivity index (χ1v) is 10.5. The fraction of sp³-hybridized carbons (Fsp3) is 0.950. The van der Waals surface area contributed by atoms with Crippen LogP contribution in [0, 0.1) is 11.8 Å². The lowest BCUT2D eigenvalue weighted by molar-refractivity contribution is -0.272. The summed E-state index contributed by atoms with van der Waals surface area (Å²) < 4.78 is 34.0. The minimum atomic E-state index is -0.610. The van der Waals surface area contributed by atoms with Crippen molar-refractivity contribution in [3.8, 4) is 0 Å². The Kier molecular flexibility index (Phi) is 6.34. The zero-order chi connectivity index (χ0) is 18.8. The maximum atomic E-state index is 12.4. The molecule has 0 aromatic heterocycles. The highest BCUT2D eigenvalue weighted by Crippen LogP contribution is 2.41. The standard InChI is InChI=1S/C20H32O7/c1-3-4-13(7-15-9-22-15)19(21)26-12(2)25-16-10-23-20(24-11-16)14-5-6-17-18(8-14)27-17/h12-18,20H,3-11H2,1-2H3. The van der Waals surface area contributed by atoms with Crippen LogP contribution in [0.4, 0.5) is 0 Å². The van der Waals surface area contributed by atoms with Crippen LogP contribution in [0.3, 0.4) is 0 Å². The highest BCUT2D eigenvalue weighted by Gasteiger charge is 2.47. The second-order valence-electron chi connectivity index (χ2n) is 8.26. The van der Waals surface area contributed by atoms with Crippen LogP contribution in [0.2, 0.25) is 0 Å². The largest absolute Gasteiger partial charge is 0.436 e. The van der Waals surface area contributed by atoms with Gasteiger partial charge in [-0.3, -0.25) is 4.79 Å². The fourth-order valence-electron chi connectivity index (χ4n) is 4.29. The minimum absolute atomic E-state index is 0.114. The number of rotatable bonds is 9. The Bertz CT molecular complexity index is 501. The van der Waals surface area contributed by atoms with Gasteiger partial charge in [0.05, 0.1) is 44.1 Å². The third kappa shape index (κ3) is 5.41. The number of carbonyl (C=O) groups is 1. The van der Waals surface area contributed by atoms with Gasteiger partial charge in [-0.05, 0) is 39.0 Å². The number of esters is 1. The van der Waals surface area contributed by atoms with E-state index in [1.165, 1.54) is 0 Å². The number of hydrogen-bond donors (Lipinski definition) is 0. The Morgan fingerprint density at radius 3 is 2.56 bits per heavy atom. The molecule has 4 fully saturated rings. The van der Waals surface area contributed by atoms with Gasteiger partial charge in [0.1, 0.15) is 6.10 Å². The summed E-state index contributed by atoms with van der Waals surface area (Å²) in [4.78, 5) is 12.4. The van der Waals surface area contributed by atoms with Crippen molar-refractivity contribution in [2.45, 2.75) is 89.4 Å². The third-order valence-electron chi connectivity index (χ3n) is 5.91. The summed E-state index contributed by atoms with van der Waals surface area (Å²) in [5.41, 5.74) is 0. The molecule has 6 unspecified atom stereocenters. The number of ether oxygens (including phenoxy) is 6. The van der Waals surface area contributed by atoms with Gasteiger partial charge in [-0.2, -0.15) is 0 Å². The average Bonchev–Trinajstić information content (AvgIpc) is 3.56. The van der Waals surface area contributed by atoms with E-state index >= 15 is 0 Å². The van der Waals surface area contributed by atoms with Gasteiger partial charge in [0.15, 0.2) is 6.29 Å². The maximum Gasteiger partial charge on any atom is 0.311 e. The van der Waals surface area contributed by atoms with E-state index in [4.69, 9.17) is 28.4 Å². The molecule has 0 N–H and O–H groups in total. The van der Waals surface area contributed by atoms with Crippen LogP contribution in [-0.4, -0.2) is 62.8 Å². The first kappa shape index (κ1) is 19.6. The van der Waals surface area contributed by atoms with Crippen molar-refractivity contribution >= 4 is 5.97 Å². The van der Waals surface area contributed by atoms with Crippen LogP contribution in [0.15, 0.2) is 0 Å². The molecule has 3 heterocycles. The molecule has 27 heavy (non-hydrogen) atoms. The molecular formula is C20H32O7. The van der Waals surface area contributed by atoms with Gasteiger partial charge in [0.25, 0.3) is 0 Å². The van der Waals surface area contributed by atoms with Gasteiger partial charge >= 0.3 is 5.97 Å². The molecular weight excluding hydrogens is 352 g/mol. The van der Waals surface area contributed by atoms with Crippen molar-refractivity contribution in [3.05, 3.63) is 0 Å². The maximum absolute atomic E-state index is 12.4. The Morgan fingerprint density at radius 1 is 1.11 bits per heavy atom. The van der Waals surface area contributed by atoms with E-state index in [1.807, 2.05) is 0 Å². The number of epoxide rings is 2. The predicted molar refractivity (Wildman–Crippen MR) is 94.9 cm³/mol. The molecule has 6 atom stereocenters. The van der Waals surface area contributed by atoms with E-state index < -0.39 is 6.29 Å². The Labute approximate surface area is 160 Å². The van der Waals surface area contributed by atoms with Gasteiger partial charge in [0, 0.05) is 5.92 Å². The van der Waals surface area contributed by atoms with Gasteiger partial charge in [0.2, 0.25) is 6.29 Å². The molecule has 154 valence electrons. The van der Waals surface area contributed by atoms with Gasteiger partial charge < -0.3 is 28.4 Å². The monoisotopic (exact) mass is 384 g/mol. The summed E-state index contributed by atoms with van der Waals surface area (Å²) in [6.45, 7) is 5.51. The molecule has 3 aliphatic heterocycles. The minimum Gasteiger partial charge on any atom is -0.436 e. The van der Waals surface area contributed by atoms with Crippen LogP contribution in [-0.2, 0) is 33.2 Å². The topological polar surface area (TPSA) is 79.1 Å². The van der Waals surface area contributed by atoms with Gasteiger partial charge in [-0.15, -0.1) is 0 Å². The molecule has 0 aromatic carbocycles. The number of hydrogen-bond acceptors (Lipinski definition) is 7. The Morgan fingerprint density at radius 2 is 1.89 bits per heavy atom. The average molecular weight is 384 g/mol. The third-order valence-corrected chi connectivity index (χ3v) is 5.91. The highest BCUT2D eigenvalue weighted by molar-refractivity contribution is 5.72. The molecule has 0 bridgehead atoms. The zero-order valence-corrected chi connectivity index (χ0v) is 16.3. The van der Waals surface area contributed by atoms with Crippen LogP contribution in [0.5, 0.6) is 0 Å². The molecule has 4 aliphatic rings. The smallest absolute Gasteiger partial charge is 0.311 e. The Balaban J connectivity index is 1.16. The molecule has 3 saturated heterocycles. The molecule has 0 spiro atoms. The second kappa shape index (κ2) is 8.74. The molecule has 0 amide bonds. The number of fused-ring (bicyclic) bond motifs is 1. The van der Waals surface area contributed by atoms with Crippen LogP contribution < -0.4 is 0 Å². The molecule has 0 radical (unpaired) electrons. The van der Waals surface area contributed by atoms with E-state index in [-0.39, 0.29) is 30.4 Å². The summed E-state index contributed by atoms with van der Waals surface area (Å²) in [5.74, 6) is 0.0949. The summed E-state index contributed by atoms with van der Waals surface area (Å²) in [7, 11) is 0. The predicted octanol–water partition coefficient (Wildman–Crippen LogP) is 2.41. The molecule has 1 aliphatic carbocycles. The first-order valence-electron chi connectivity index (χ1n) is 10.5. The van der Waals surface area contributed by atoms with Crippen molar-refractivity contribution in [2.24, 2.45) is 11.8 Å². The van der Waals surface area contributed by atoms with E-state index in [9.17, 15) is 4.79 Å². The van der Waals surface area contributed by atoms with Crippen molar-refractivity contribution < 1.29 is 33.2 Å². The molecule has 4 rings (SSSR count). The summed E-state index contributed by atoms with van der Waals surface area (Å²) >= 11 is 0. The fourth-order valence-corrected chi connectivity index (χ4v) is 4.29. The number of carbonyl (C=O) groups excluding carboxylic acids is 1. The lowest BCUT2D eigenvalue weighted by atomic mass is 9.88. The lowest BCUT2D eigenvalue weighted by Crippen LogP contribution is -2.43. The normalized spacial score (nSPS) is 39.9. The van der Waals surface area contributed by atoms with Crippen LogP contribution >= 0.6 is 0 Å². The van der Waals surface area contributed by atoms with E-state index in [1.54, 1.807) is 6.92 Å². The first-order chi connectivity index (χ1) is 13.1. The quantitative estimate of drug-likeness (QED) is 0.343. The van der Waals surface area contributed by atoms with Crippen molar-refractivity contribution in [3.63, 3.8) is 0 Å². The molecule has 1 saturated carbocycles. The van der Waals surface area contributed by atoms with Crippen molar-refractivity contribution in [2.75, 3.05) is 19.8 Å². The second-order valence-corrected chi connectivity index (χ2v) is 8.26. The summed E-state index contributed by atoms with van der Waals surface area (Å²) in [6, 6.07) is 0. The SMILES string of the molecule is CCCC(CC1CO1)C(=O)OC(C)OC1COC(C2CCC3OC3C2)OC1. The van der Waals surface area contributed by atoms with Gasteiger partial charge in [-0.1, -0.05) is 13.3 Å². The van der Waals surface area contributed by atoms with E-state index in [2.05, 4.69) is 6.92 Å². The summed E-state index contributed by atoms with van der Waals surface area (Å²) in [5, 5.41) is 0. The Hall–Kier alpha value is -0.730. The lowest BCUT2D eigenvalue weighted by Gasteiger charge is -2.35. The van der Waals surface area contributed by atoms with Crippen LogP contribution in [0.25, 0.3) is 0 Å². The molecule has 0 aromatic rings. The van der Waals surface area contributed by atoms with E-state index in [0.717, 1.165) is 45.1 Å². The highest BCUT2D eigenvalue weighted by atomic mass is 16.7. The van der Waals surface area contributed by atoms with Crippen LogP contribution in [0.1, 0.15) is 52.4 Å². The van der Waals surface area contributed by atoms with Gasteiger partial charge in [-0.25, -0.2) is 0 Å². The zero-order valence-electron chi connectivity index (χ0n) is 16.3. The van der Waals surface area contributed by atoms with Crippen molar-refractivity contribution in [1.82, 2.24) is 0 Å². The van der Waals surface area contributed by atoms with E-state index in [0.29, 0.717) is 31.3 Å². The summed E-state index contributed by atoms with van der Waals surface area (Å²) in [6.07, 6.45) is 5.86. The molecule has 7 heteroatoms. The molecule has 7 nitrogen and oxygen atoms in total.